The van der Waals surface area contributed by atoms with Gasteiger partial charge in [-0.15, -0.1) is 0 Å². The Hall–Kier alpha value is -1.75. The Morgan fingerprint density at radius 3 is 2.75 bits per heavy atom. The molecule has 0 aromatic heterocycles. The Morgan fingerprint density at radius 2 is 2.15 bits per heavy atom. The molecule has 1 aliphatic carbocycles. The Morgan fingerprint density at radius 1 is 1.45 bits per heavy atom. The first-order chi connectivity index (χ1) is 9.60. The fourth-order valence-corrected chi connectivity index (χ4v) is 2.84. The predicted octanol–water partition coefficient (Wildman–Crippen LogP) is 1.63. The average molecular weight is 278 g/mol. The summed E-state index contributed by atoms with van der Waals surface area (Å²) in [5.41, 5.74) is 6.36. The molecule has 20 heavy (non-hydrogen) atoms. The van der Waals surface area contributed by atoms with Crippen molar-refractivity contribution in [2.75, 3.05) is 13.7 Å². The molecule has 0 aliphatic heterocycles. The number of nitrogens with two attached hydrogens (primary N) is 1. The van der Waals surface area contributed by atoms with E-state index in [2.05, 4.69) is 4.90 Å². The minimum absolute atomic E-state index is 0.124. The van der Waals surface area contributed by atoms with Crippen molar-refractivity contribution in [3.8, 4) is 11.5 Å². The third-order valence-electron chi connectivity index (χ3n) is 3.83. The van der Waals surface area contributed by atoms with Gasteiger partial charge in [0.1, 0.15) is 0 Å². The Balaban J connectivity index is 2.11. The molecule has 2 rings (SSSR count). The molecule has 110 valence electrons. The number of amides is 1. The summed E-state index contributed by atoms with van der Waals surface area (Å²) in [5, 5.41) is 9.61. The summed E-state index contributed by atoms with van der Waals surface area (Å²) in [6.07, 6.45) is 4.64. The van der Waals surface area contributed by atoms with Gasteiger partial charge in [0.05, 0.1) is 13.7 Å². The number of aromatic hydroxyl groups is 1. The second-order valence-electron chi connectivity index (χ2n) is 5.32. The number of phenolic OH excluding ortho intramolecular Hbond substituents is 1. The number of hydrogen-bond acceptors (Lipinski definition) is 4. The van der Waals surface area contributed by atoms with E-state index < -0.39 is 0 Å². The molecule has 3 N–H and O–H groups in total. The van der Waals surface area contributed by atoms with Crippen LogP contribution in [0, 0.1) is 0 Å². The molecular weight excluding hydrogens is 256 g/mol. The summed E-state index contributed by atoms with van der Waals surface area (Å²) in [6, 6.07) is 5.69. The second-order valence-corrected chi connectivity index (χ2v) is 5.32. The third-order valence-corrected chi connectivity index (χ3v) is 3.83. The number of methoxy groups -OCH3 is 1. The van der Waals surface area contributed by atoms with Crippen molar-refractivity contribution in [2.24, 2.45) is 5.73 Å². The highest BCUT2D eigenvalue weighted by atomic mass is 16.5. The van der Waals surface area contributed by atoms with E-state index in [1.165, 1.54) is 20.0 Å². The van der Waals surface area contributed by atoms with E-state index in [0.29, 0.717) is 18.3 Å². The third kappa shape index (κ3) is 3.63. The van der Waals surface area contributed by atoms with Gasteiger partial charge in [0, 0.05) is 12.6 Å². The standard InChI is InChI=1S/C15H22N2O3/c1-20-14-8-11(6-7-13(14)18)9-17(10-15(16)19)12-4-2-3-5-12/h6-8,12,18H,2-5,9-10H2,1H3,(H2,16,19). The Kier molecular flexibility index (Phi) is 4.84. The van der Waals surface area contributed by atoms with Crippen molar-refractivity contribution >= 4 is 5.91 Å². The molecule has 0 bridgehead atoms. The van der Waals surface area contributed by atoms with Crippen LogP contribution in [-0.2, 0) is 11.3 Å². The topological polar surface area (TPSA) is 75.8 Å². The van der Waals surface area contributed by atoms with E-state index in [1.807, 2.05) is 6.07 Å². The molecule has 5 heteroatoms. The zero-order valence-corrected chi connectivity index (χ0v) is 11.8. The maximum absolute atomic E-state index is 11.2. The fraction of sp³-hybridized carbons (Fsp3) is 0.533. The minimum atomic E-state index is -0.303. The van der Waals surface area contributed by atoms with Crippen molar-refractivity contribution in [2.45, 2.75) is 38.3 Å². The van der Waals surface area contributed by atoms with Crippen molar-refractivity contribution in [1.82, 2.24) is 4.90 Å². The maximum Gasteiger partial charge on any atom is 0.231 e. The highest BCUT2D eigenvalue weighted by molar-refractivity contribution is 5.76. The summed E-state index contributed by atoms with van der Waals surface area (Å²) in [7, 11) is 1.52. The predicted molar refractivity (Wildman–Crippen MR) is 76.5 cm³/mol. The molecule has 1 fully saturated rings. The van der Waals surface area contributed by atoms with Gasteiger partial charge in [-0.1, -0.05) is 18.9 Å². The number of benzene rings is 1. The average Bonchev–Trinajstić information content (AvgIpc) is 2.93. The van der Waals surface area contributed by atoms with Gasteiger partial charge >= 0.3 is 0 Å². The monoisotopic (exact) mass is 278 g/mol. The Bertz CT molecular complexity index is 470. The normalized spacial score (nSPS) is 15.7. The van der Waals surface area contributed by atoms with Gasteiger partial charge in [-0.2, -0.15) is 0 Å². The molecule has 1 amide bonds. The van der Waals surface area contributed by atoms with Crippen LogP contribution in [0.2, 0.25) is 0 Å². The van der Waals surface area contributed by atoms with E-state index in [-0.39, 0.29) is 18.2 Å². The van der Waals surface area contributed by atoms with Crippen LogP contribution in [0.3, 0.4) is 0 Å². The van der Waals surface area contributed by atoms with E-state index in [0.717, 1.165) is 18.4 Å². The number of rotatable bonds is 6. The van der Waals surface area contributed by atoms with Gasteiger partial charge in [-0.05, 0) is 30.5 Å². The van der Waals surface area contributed by atoms with E-state index >= 15 is 0 Å². The molecule has 1 aromatic carbocycles. The molecule has 0 heterocycles. The first kappa shape index (κ1) is 14.7. The van der Waals surface area contributed by atoms with Gasteiger partial charge < -0.3 is 15.6 Å². The van der Waals surface area contributed by atoms with Crippen molar-refractivity contribution in [3.05, 3.63) is 23.8 Å². The lowest BCUT2D eigenvalue weighted by Gasteiger charge is -2.27. The Labute approximate surface area is 119 Å². The lowest BCUT2D eigenvalue weighted by atomic mass is 10.1. The molecule has 0 radical (unpaired) electrons. The first-order valence-electron chi connectivity index (χ1n) is 6.98. The van der Waals surface area contributed by atoms with Crippen LogP contribution in [0.1, 0.15) is 31.2 Å². The van der Waals surface area contributed by atoms with Crippen LogP contribution in [0.4, 0.5) is 0 Å². The fourth-order valence-electron chi connectivity index (χ4n) is 2.84. The summed E-state index contributed by atoms with van der Waals surface area (Å²) in [6.45, 7) is 0.915. The number of phenols is 1. The quantitative estimate of drug-likeness (QED) is 0.829. The first-order valence-corrected chi connectivity index (χ1v) is 6.98. The number of ether oxygens (including phenoxy) is 1. The molecule has 0 atom stereocenters. The van der Waals surface area contributed by atoms with Crippen LogP contribution in [0.15, 0.2) is 18.2 Å². The molecule has 1 aliphatic rings. The summed E-state index contributed by atoms with van der Waals surface area (Å²) in [4.78, 5) is 13.4. The largest absolute Gasteiger partial charge is 0.504 e. The zero-order valence-electron chi connectivity index (χ0n) is 11.8. The van der Waals surface area contributed by atoms with Crippen molar-refractivity contribution in [3.63, 3.8) is 0 Å². The van der Waals surface area contributed by atoms with E-state index in [9.17, 15) is 9.90 Å². The van der Waals surface area contributed by atoms with Crippen molar-refractivity contribution < 1.29 is 14.6 Å². The molecule has 0 spiro atoms. The number of carbonyl (C=O) groups is 1. The van der Waals surface area contributed by atoms with Gasteiger partial charge in [0.25, 0.3) is 0 Å². The molecule has 1 saturated carbocycles. The van der Waals surface area contributed by atoms with E-state index in [1.54, 1.807) is 12.1 Å². The molecule has 1 aromatic rings. The SMILES string of the molecule is COc1cc(CN(CC(N)=O)C2CCCC2)ccc1O. The van der Waals surface area contributed by atoms with Gasteiger partial charge in [0.2, 0.25) is 5.91 Å². The summed E-state index contributed by atoms with van der Waals surface area (Å²) < 4.78 is 5.11. The minimum Gasteiger partial charge on any atom is -0.504 e. The van der Waals surface area contributed by atoms with Crippen LogP contribution in [-0.4, -0.2) is 35.6 Å². The zero-order chi connectivity index (χ0) is 14.5. The lowest BCUT2D eigenvalue weighted by molar-refractivity contribution is -0.119. The smallest absolute Gasteiger partial charge is 0.231 e. The molecule has 5 nitrogen and oxygen atoms in total. The van der Waals surface area contributed by atoms with E-state index in [4.69, 9.17) is 10.5 Å². The van der Waals surface area contributed by atoms with Crippen LogP contribution >= 0.6 is 0 Å². The maximum atomic E-state index is 11.2. The highest BCUT2D eigenvalue weighted by Crippen LogP contribution is 2.29. The van der Waals surface area contributed by atoms with Crippen LogP contribution in [0.5, 0.6) is 11.5 Å². The number of nitrogens with zero attached hydrogens (tertiary/aromatic N) is 1. The molecule has 0 unspecified atom stereocenters. The summed E-state index contributed by atoms with van der Waals surface area (Å²) in [5.74, 6) is 0.272. The summed E-state index contributed by atoms with van der Waals surface area (Å²) >= 11 is 0. The number of carbonyl (C=O) groups excluding carboxylic acids is 1. The highest BCUT2D eigenvalue weighted by Gasteiger charge is 2.24. The van der Waals surface area contributed by atoms with Crippen molar-refractivity contribution in [1.29, 1.82) is 0 Å². The van der Waals surface area contributed by atoms with Crippen LogP contribution < -0.4 is 10.5 Å². The van der Waals surface area contributed by atoms with Gasteiger partial charge in [-0.3, -0.25) is 9.69 Å². The van der Waals surface area contributed by atoms with Gasteiger partial charge in [-0.25, -0.2) is 0 Å². The molecular formula is C15H22N2O3. The lowest BCUT2D eigenvalue weighted by Crippen LogP contribution is -2.39. The number of hydrogen-bond donors (Lipinski definition) is 2. The molecule has 0 saturated heterocycles. The van der Waals surface area contributed by atoms with Crippen LogP contribution in [0.25, 0.3) is 0 Å². The van der Waals surface area contributed by atoms with Gasteiger partial charge in [0.15, 0.2) is 11.5 Å². The number of primary amides is 1. The second kappa shape index (κ2) is 6.61.